The van der Waals surface area contributed by atoms with Crippen LogP contribution in [0.15, 0.2) is 59.4 Å². The number of nitrogens with two attached hydrogens (primary N) is 1. The molecule has 1 aromatic heterocycles. The van der Waals surface area contributed by atoms with Gasteiger partial charge >= 0.3 is 5.97 Å². The van der Waals surface area contributed by atoms with Crippen LogP contribution in [0.2, 0.25) is 0 Å². The molecule has 2 aromatic carbocycles. The number of anilines is 1. The van der Waals surface area contributed by atoms with Gasteiger partial charge in [0, 0.05) is 18.6 Å². The normalized spacial score (nSPS) is 12.8. The number of carbonyl (C=O) groups excluding carboxylic acids is 1. The summed E-state index contributed by atoms with van der Waals surface area (Å²) in [6.45, 7) is 12.1. The summed E-state index contributed by atoms with van der Waals surface area (Å²) in [5.41, 5.74) is 7.54. The van der Waals surface area contributed by atoms with Crippen molar-refractivity contribution in [3.8, 4) is 5.69 Å². The van der Waals surface area contributed by atoms with Crippen LogP contribution >= 0.6 is 0 Å². The van der Waals surface area contributed by atoms with Gasteiger partial charge in [-0.1, -0.05) is 39.0 Å². The maximum absolute atomic E-state index is 14.2. The average Bonchev–Trinajstić information content (AvgIpc) is 2.79. The number of carbonyl (C=O) groups is 1. The third-order valence-corrected chi connectivity index (χ3v) is 6.08. The van der Waals surface area contributed by atoms with Crippen molar-refractivity contribution in [2.24, 2.45) is 5.41 Å². The zero-order valence-corrected chi connectivity index (χ0v) is 22.9. The van der Waals surface area contributed by atoms with E-state index in [0.29, 0.717) is 24.2 Å². The van der Waals surface area contributed by atoms with Gasteiger partial charge in [-0.2, -0.15) is 0 Å². The van der Waals surface area contributed by atoms with E-state index in [-0.39, 0.29) is 34.7 Å². The molecular weight excluding hydrogens is 488 g/mol. The van der Waals surface area contributed by atoms with Crippen LogP contribution in [0.5, 0.6) is 0 Å². The van der Waals surface area contributed by atoms with Gasteiger partial charge in [-0.05, 0) is 80.1 Å². The van der Waals surface area contributed by atoms with E-state index in [9.17, 15) is 18.4 Å². The summed E-state index contributed by atoms with van der Waals surface area (Å²) < 4.78 is 34.4. The van der Waals surface area contributed by atoms with Gasteiger partial charge in [0.05, 0.1) is 5.69 Å². The number of benzene rings is 2. The maximum atomic E-state index is 14.2. The van der Waals surface area contributed by atoms with E-state index in [1.165, 1.54) is 22.8 Å². The van der Waals surface area contributed by atoms with Crippen LogP contribution in [0.25, 0.3) is 5.69 Å². The molecule has 0 saturated carbocycles. The Morgan fingerprint density at radius 3 is 2.18 bits per heavy atom. The van der Waals surface area contributed by atoms with Crippen molar-refractivity contribution in [1.29, 1.82) is 0 Å². The van der Waals surface area contributed by atoms with Crippen molar-refractivity contribution >= 4 is 11.8 Å². The van der Waals surface area contributed by atoms with Crippen LogP contribution in [0.4, 0.5) is 14.6 Å². The minimum atomic E-state index is -0.666. The SMILES string of the molecule is CC(C)(C)OC(=O)[C@@H](NCCc1ccc(-n2c(N)c(Cc3ccc(F)cc3F)ccc2=O)cc1)C(C)(C)C. The fourth-order valence-corrected chi connectivity index (χ4v) is 4.16. The van der Waals surface area contributed by atoms with Gasteiger partial charge in [0.25, 0.3) is 5.56 Å². The molecule has 8 heteroatoms. The predicted octanol–water partition coefficient (Wildman–Crippen LogP) is 5.18. The standard InChI is InChI=1S/C30H37F2N3O3/c1-29(2,3)26(28(37)38-30(4,5)6)34-16-15-19-7-12-23(13-8-19)35-25(36)14-10-21(27(35)33)17-20-9-11-22(31)18-24(20)32/h7-14,18,26,34H,15-17,33H2,1-6H3/t26-/m1/s1. The monoisotopic (exact) mass is 525 g/mol. The molecule has 0 bridgehead atoms. The van der Waals surface area contributed by atoms with E-state index in [1.807, 2.05) is 53.7 Å². The first-order chi connectivity index (χ1) is 17.7. The van der Waals surface area contributed by atoms with Gasteiger partial charge in [-0.25, -0.2) is 8.78 Å². The molecule has 3 rings (SSSR count). The number of hydrogen-bond acceptors (Lipinski definition) is 5. The molecule has 0 saturated heterocycles. The topological polar surface area (TPSA) is 86.3 Å². The van der Waals surface area contributed by atoms with Crippen molar-refractivity contribution in [3.63, 3.8) is 0 Å². The highest BCUT2D eigenvalue weighted by molar-refractivity contribution is 5.77. The number of esters is 1. The summed E-state index contributed by atoms with van der Waals surface area (Å²) in [5, 5.41) is 3.33. The van der Waals surface area contributed by atoms with Crippen molar-refractivity contribution in [1.82, 2.24) is 9.88 Å². The highest BCUT2D eigenvalue weighted by Gasteiger charge is 2.34. The molecule has 1 atom stereocenters. The van der Waals surface area contributed by atoms with Crippen molar-refractivity contribution in [3.05, 3.63) is 93.3 Å². The number of nitrogens with zero attached hydrogens (tertiary/aromatic N) is 1. The van der Waals surface area contributed by atoms with E-state index >= 15 is 0 Å². The first-order valence-corrected chi connectivity index (χ1v) is 12.7. The molecule has 3 aromatic rings. The van der Waals surface area contributed by atoms with Crippen LogP contribution in [0.3, 0.4) is 0 Å². The lowest BCUT2D eigenvalue weighted by Gasteiger charge is -2.32. The second-order valence-corrected chi connectivity index (χ2v) is 11.5. The highest BCUT2D eigenvalue weighted by Crippen LogP contribution is 2.23. The Bertz CT molecular complexity index is 1340. The second kappa shape index (κ2) is 11.5. The zero-order chi connectivity index (χ0) is 28.3. The smallest absolute Gasteiger partial charge is 0.324 e. The zero-order valence-electron chi connectivity index (χ0n) is 22.9. The molecule has 6 nitrogen and oxygen atoms in total. The molecule has 0 unspecified atom stereocenters. The minimum Gasteiger partial charge on any atom is -0.459 e. The third kappa shape index (κ3) is 7.51. The molecule has 0 aliphatic carbocycles. The summed E-state index contributed by atoms with van der Waals surface area (Å²) in [6, 6.07) is 13.3. The largest absolute Gasteiger partial charge is 0.459 e. The molecule has 38 heavy (non-hydrogen) atoms. The molecule has 0 amide bonds. The molecule has 0 spiro atoms. The minimum absolute atomic E-state index is 0.120. The number of nitrogen functional groups attached to an aromatic ring is 1. The number of pyridine rings is 1. The first kappa shape index (κ1) is 29.0. The summed E-state index contributed by atoms with van der Waals surface area (Å²) >= 11 is 0. The van der Waals surface area contributed by atoms with Gasteiger partial charge in [-0.3, -0.25) is 14.2 Å². The van der Waals surface area contributed by atoms with Crippen LogP contribution in [0.1, 0.15) is 58.2 Å². The van der Waals surface area contributed by atoms with Crippen LogP contribution in [-0.2, 0) is 22.4 Å². The van der Waals surface area contributed by atoms with E-state index < -0.39 is 23.3 Å². The molecule has 0 fully saturated rings. The Balaban J connectivity index is 1.73. The average molecular weight is 526 g/mol. The van der Waals surface area contributed by atoms with Crippen LogP contribution in [0, 0.1) is 17.0 Å². The first-order valence-electron chi connectivity index (χ1n) is 12.7. The lowest BCUT2D eigenvalue weighted by molar-refractivity contribution is -0.160. The van der Waals surface area contributed by atoms with Gasteiger partial charge < -0.3 is 15.8 Å². The van der Waals surface area contributed by atoms with Gasteiger partial charge in [0.2, 0.25) is 0 Å². The molecule has 204 valence electrons. The van der Waals surface area contributed by atoms with Crippen molar-refractivity contribution in [2.75, 3.05) is 12.3 Å². The molecule has 0 aliphatic rings. The quantitative estimate of drug-likeness (QED) is 0.396. The van der Waals surface area contributed by atoms with Gasteiger partial charge in [-0.15, -0.1) is 0 Å². The summed E-state index contributed by atoms with van der Waals surface area (Å²) in [7, 11) is 0. The Kier molecular flexibility index (Phi) is 8.77. The number of nitrogens with one attached hydrogen (secondary N) is 1. The van der Waals surface area contributed by atoms with Crippen LogP contribution < -0.4 is 16.6 Å². The maximum Gasteiger partial charge on any atom is 0.324 e. The Morgan fingerprint density at radius 1 is 0.974 bits per heavy atom. The predicted molar refractivity (Wildman–Crippen MR) is 146 cm³/mol. The summed E-state index contributed by atoms with van der Waals surface area (Å²) in [5.74, 6) is -1.41. The molecule has 0 radical (unpaired) electrons. The molecule has 1 heterocycles. The molecule has 3 N–H and O–H groups in total. The van der Waals surface area contributed by atoms with E-state index in [0.717, 1.165) is 11.6 Å². The number of hydrogen-bond donors (Lipinski definition) is 2. The molecular formula is C30H37F2N3O3. The molecule has 0 aliphatic heterocycles. The summed E-state index contributed by atoms with van der Waals surface area (Å²) in [6.07, 6.45) is 0.776. The van der Waals surface area contributed by atoms with Crippen molar-refractivity contribution in [2.45, 2.75) is 66.0 Å². The van der Waals surface area contributed by atoms with E-state index in [2.05, 4.69) is 5.32 Å². The number of aromatic nitrogens is 1. The van der Waals surface area contributed by atoms with Crippen LogP contribution in [-0.4, -0.2) is 28.7 Å². The highest BCUT2D eigenvalue weighted by atomic mass is 19.1. The van der Waals surface area contributed by atoms with Gasteiger partial charge in [0.15, 0.2) is 0 Å². The fourth-order valence-electron chi connectivity index (χ4n) is 4.16. The number of halogens is 2. The number of ether oxygens (including phenoxy) is 1. The lowest BCUT2D eigenvalue weighted by Crippen LogP contribution is -2.49. The second-order valence-electron chi connectivity index (χ2n) is 11.5. The van der Waals surface area contributed by atoms with Gasteiger partial charge in [0.1, 0.15) is 29.1 Å². The lowest BCUT2D eigenvalue weighted by atomic mass is 9.86. The Morgan fingerprint density at radius 2 is 1.61 bits per heavy atom. The van der Waals surface area contributed by atoms with Crippen molar-refractivity contribution < 1.29 is 18.3 Å². The summed E-state index contributed by atoms with van der Waals surface area (Å²) in [4.78, 5) is 25.4. The number of rotatable bonds is 8. The third-order valence-electron chi connectivity index (χ3n) is 6.08. The Hall–Kier alpha value is -3.52. The van der Waals surface area contributed by atoms with E-state index in [1.54, 1.807) is 18.2 Å². The fraction of sp³-hybridized carbons (Fsp3) is 0.400. The van der Waals surface area contributed by atoms with E-state index in [4.69, 9.17) is 10.5 Å². The Labute approximate surface area is 222 Å².